The molecule has 14 heteroatoms. The number of likely N-dealkylation sites (tertiary alicyclic amines) is 2. The highest BCUT2D eigenvalue weighted by molar-refractivity contribution is 5.95. The Morgan fingerprint density at radius 1 is 0.815 bits per heavy atom. The molecule has 8 rings (SSSR count). The maximum absolute atomic E-state index is 13.8. The van der Waals surface area contributed by atoms with E-state index in [4.69, 9.17) is 9.47 Å². The number of fused-ring (bicyclic) bond motifs is 1. The third kappa shape index (κ3) is 10.8. The number of nitrogens with one attached hydrogen (secondary N) is 3. The number of nitrogens with zero attached hydrogens (tertiary/aromatic N) is 2. The smallest absolute Gasteiger partial charge is 0.347 e. The van der Waals surface area contributed by atoms with Crippen LogP contribution >= 0.6 is 0 Å². The highest BCUT2D eigenvalue weighted by Crippen LogP contribution is 2.34. The van der Waals surface area contributed by atoms with Gasteiger partial charge in [-0.05, 0) is 90.5 Å². The van der Waals surface area contributed by atoms with Crippen LogP contribution in [0.15, 0.2) is 138 Å². The van der Waals surface area contributed by atoms with Crippen LogP contribution in [0.2, 0.25) is 0 Å². The van der Waals surface area contributed by atoms with Crippen LogP contribution in [0.3, 0.4) is 0 Å². The lowest BCUT2D eigenvalue weighted by Gasteiger charge is -2.39. The Kier molecular flexibility index (Phi) is 14.0. The molecule has 2 amide bonds. The lowest BCUT2D eigenvalue weighted by Crippen LogP contribution is -2.61. The SMILES string of the molecule is O=C(COc1cccc([C@](O)(C(=O)OCC2CCN(Cc3ccccc3)CC2)c2ccccc2)c1)NC1CN(C(=O)c2ccc(CNC[C@H](O)c3ccc(O)c4[nH]c(=O)ccc34)cc2)C1. The zero-order chi connectivity index (χ0) is 45.3. The van der Waals surface area contributed by atoms with E-state index >= 15 is 0 Å². The molecule has 2 fully saturated rings. The molecule has 2 aliphatic heterocycles. The maximum Gasteiger partial charge on any atom is 0.347 e. The van der Waals surface area contributed by atoms with Crippen molar-refractivity contribution in [3.05, 3.63) is 177 Å². The number of phenols is 1. The molecular weight excluding hydrogens is 827 g/mol. The largest absolute Gasteiger partial charge is 0.506 e. The molecule has 0 unspecified atom stereocenters. The van der Waals surface area contributed by atoms with Gasteiger partial charge in [0.1, 0.15) is 11.5 Å². The van der Waals surface area contributed by atoms with Gasteiger partial charge in [-0.25, -0.2) is 4.79 Å². The molecule has 0 spiro atoms. The van der Waals surface area contributed by atoms with Gasteiger partial charge in [0.25, 0.3) is 11.8 Å². The summed E-state index contributed by atoms with van der Waals surface area (Å²) in [6.07, 6.45) is 0.853. The van der Waals surface area contributed by atoms with E-state index in [9.17, 15) is 34.5 Å². The summed E-state index contributed by atoms with van der Waals surface area (Å²) in [6.45, 7) is 3.85. The number of pyridine rings is 1. The number of aliphatic hydroxyl groups excluding tert-OH is 1. The molecule has 6 aromatic rings. The van der Waals surface area contributed by atoms with Crippen molar-refractivity contribution in [3.8, 4) is 11.5 Å². The first-order valence-corrected chi connectivity index (χ1v) is 21.9. The number of benzene rings is 5. The fourth-order valence-electron chi connectivity index (χ4n) is 8.46. The van der Waals surface area contributed by atoms with Crippen molar-refractivity contribution in [1.29, 1.82) is 0 Å². The number of carbonyl (C=O) groups is 3. The summed E-state index contributed by atoms with van der Waals surface area (Å²) < 4.78 is 11.7. The Hall–Kier alpha value is -6.84. The molecule has 3 heterocycles. The van der Waals surface area contributed by atoms with Crippen LogP contribution in [0.4, 0.5) is 0 Å². The molecule has 14 nitrogen and oxygen atoms in total. The van der Waals surface area contributed by atoms with Gasteiger partial charge >= 0.3 is 5.97 Å². The molecule has 5 aromatic carbocycles. The van der Waals surface area contributed by atoms with Crippen molar-refractivity contribution in [2.24, 2.45) is 5.92 Å². The highest BCUT2D eigenvalue weighted by Gasteiger charge is 2.42. The number of amides is 2. The second-order valence-corrected chi connectivity index (χ2v) is 16.8. The van der Waals surface area contributed by atoms with Gasteiger partial charge in [-0.15, -0.1) is 0 Å². The fourth-order valence-corrected chi connectivity index (χ4v) is 8.46. The van der Waals surface area contributed by atoms with Crippen LogP contribution in [0.1, 0.15) is 57.1 Å². The van der Waals surface area contributed by atoms with E-state index in [-0.39, 0.29) is 71.7 Å². The number of hydrogen-bond donors (Lipinski definition) is 6. The minimum atomic E-state index is -2.11. The topological polar surface area (TPSA) is 194 Å². The molecule has 65 heavy (non-hydrogen) atoms. The van der Waals surface area contributed by atoms with E-state index in [1.54, 1.807) is 83.8 Å². The number of aromatic nitrogens is 1. The lowest BCUT2D eigenvalue weighted by molar-refractivity contribution is -0.164. The van der Waals surface area contributed by atoms with Gasteiger partial charge in [0.05, 0.1) is 24.3 Å². The van der Waals surface area contributed by atoms with E-state index in [0.717, 1.165) is 38.0 Å². The Bertz CT molecular complexity index is 2650. The molecule has 0 aliphatic carbocycles. The Morgan fingerprint density at radius 3 is 2.26 bits per heavy atom. The van der Waals surface area contributed by atoms with Gasteiger partial charge < -0.3 is 45.3 Å². The van der Waals surface area contributed by atoms with E-state index in [1.165, 1.54) is 17.7 Å². The Morgan fingerprint density at radius 2 is 1.52 bits per heavy atom. The number of aliphatic hydroxyl groups is 2. The Labute approximate surface area is 376 Å². The first-order valence-electron chi connectivity index (χ1n) is 21.9. The van der Waals surface area contributed by atoms with E-state index in [2.05, 4.69) is 32.7 Å². The van der Waals surface area contributed by atoms with Crippen LogP contribution in [0, 0.1) is 5.92 Å². The predicted molar refractivity (Wildman–Crippen MR) is 244 cm³/mol. The number of piperidine rings is 1. The predicted octanol–water partition coefficient (Wildman–Crippen LogP) is 4.77. The van der Waals surface area contributed by atoms with Gasteiger partial charge in [-0.1, -0.05) is 91.0 Å². The number of aromatic amines is 1. The summed E-state index contributed by atoms with van der Waals surface area (Å²) in [5, 5.41) is 39.8. The van der Waals surface area contributed by atoms with E-state index < -0.39 is 17.7 Å². The summed E-state index contributed by atoms with van der Waals surface area (Å²) in [7, 11) is 0. The summed E-state index contributed by atoms with van der Waals surface area (Å²) in [5.74, 6) is -0.938. The van der Waals surface area contributed by atoms with Gasteiger partial charge in [0.2, 0.25) is 11.2 Å². The first kappa shape index (κ1) is 44.8. The summed E-state index contributed by atoms with van der Waals surface area (Å²) >= 11 is 0. The van der Waals surface area contributed by atoms with Crippen LogP contribution in [-0.4, -0.2) is 99.9 Å². The molecule has 0 bridgehead atoms. The number of phenolic OH excluding ortho intramolecular Hbond substituents is 1. The zero-order valence-electron chi connectivity index (χ0n) is 35.9. The molecule has 6 N–H and O–H groups in total. The zero-order valence-corrected chi connectivity index (χ0v) is 35.9. The minimum absolute atomic E-state index is 0.0759. The molecule has 1 aromatic heterocycles. The molecule has 2 atom stereocenters. The average molecular weight is 880 g/mol. The van der Waals surface area contributed by atoms with Crippen LogP contribution in [0.5, 0.6) is 11.5 Å². The second kappa shape index (κ2) is 20.3. The van der Waals surface area contributed by atoms with Gasteiger partial charge in [0, 0.05) is 55.3 Å². The normalized spacial score (nSPS) is 16.0. The standard InChI is InChI=1S/C51H53N5O9/c57-44-20-18-42(43-19-21-46(59)54-48(43)44)45(58)28-52-27-34-14-16-37(17-15-34)49(61)56-30-40(31-56)53-47(60)33-64-41-13-7-12-39(26-41)51(63,38-10-5-2-6-11-38)50(62)65-32-36-22-24-55(25-23-36)29-35-8-3-1-4-9-35/h1-21,26,36,40,45,52,57-58,63H,22-25,27-33H2,(H,53,60)(H,54,59)/t45-,51-/m0/s1. The highest BCUT2D eigenvalue weighted by atomic mass is 16.5. The summed E-state index contributed by atoms with van der Waals surface area (Å²) in [5.41, 5.74) is 1.64. The van der Waals surface area contributed by atoms with E-state index in [0.29, 0.717) is 41.7 Å². The summed E-state index contributed by atoms with van der Waals surface area (Å²) in [4.78, 5) is 58.3. The van der Waals surface area contributed by atoms with Gasteiger partial charge in [-0.2, -0.15) is 0 Å². The number of aromatic hydroxyl groups is 1. The molecular formula is C51H53N5O9. The van der Waals surface area contributed by atoms with Crippen molar-refractivity contribution in [1.82, 2.24) is 25.4 Å². The third-order valence-corrected chi connectivity index (χ3v) is 12.2. The van der Waals surface area contributed by atoms with E-state index in [1.807, 2.05) is 30.3 Å². The van der Waals surface area contributed by atoms with Crippen LogP contribution < -0.4 is 20.9 Å². The molecule has 336 valence electrons. The summed E-state index contributed by atoms with van der Waals surface area (Å²) in [6, 6.07) is 38.3. The fraction of sp³-hybridized carbons (Fsp3) is 0.294. The first-order chi connectivity index (χ1) is 31.5. The van der Waals surface area contributed by atoms with Crippen LogP contribution in [-0.2, 0) is 33.0 Å². The number of H-pyrrole nitrogens is 1. The Balaban J connectivity index is 0.780. The van der Waals surface area contributed by atoms with Gasteiger partial charge in [0.15, 0.2) is 6.61 Å². The number of ether oxygens (including phenoxy) is 2. The quantitative estimate of drug-likeness (QED) is 0.0692. The minimum Gasteiger partial charge on any atom is -0.506 e. The van der Waals surface area contributed by atoms with Crippen molar-refractivity contribution < 1.29 is 39.2 Å². The maximum atomic E-state index is 13.8. The monoisotopic (exact) mass is 879 g/mol. The number of esters is 1. The molecule has 0 radical (unpaired) electrons. The van der Waals surface area contributed by atoms with Gasteiger partial charge in [-0.3, -0.25) is 19.3 Å². The third-order valence-electron chi connectivity index (χ3n) is 12.2. The van der Waals surface area contributed by atoms with Crippen molar-refractivity contribution in [2.75, 3.05) is 45.9 Å². The molecule has 2 saturated heterocycles. The van der Waals surface area contributed by atoms with Crippen LogP contribution in [0.25, 0.3) is 10.9 Å². The number of rotatable bonds is 17. The average Bonchev–Trinajstić information content (AvgIpc) is 3.32. The van der Waals surface area contributed by atoms with Crippen molar-refractivity contribution >= 4 is 28.7 Å². The van der Waals surface area contributed by atoms with Crippen molar-refractivity contribution in [2.45, 2.75) is 43.7 Å². The second-order valence-electron chi connectivity index (χ2n) is 16.8. The van der Waals surface area contributed by atoms with Crippen molar-refractivity contribution in [3.63, 3.8) is 0 Å². The lowest BCUT2D eigenvalue weighted by atomic mass is 9.86. The molecule has 2 aliphatic rings. The molecule has 0 saturated carbocycles. The number of hydrogen-bond acceptors (Lipinski definition) is 11. The number of carbonyl (C=O) groups excluding carboxylic acids is 3.